The number of nitrogens with one attached hydrogen (secondary N) is 2. The van der Waals surface area contributed by atoms with Crippen molar-refractivity contribution in [3.05, 3.63) is 0 Å². The molecule has 2 aliphatic rings. The zero-order valence-corrected chi connectivity index (χ0v) is 19.0. The molecule has 0 aromatic heterocycles. The summed E-state index contributed by atoms with van der Waals surface area (Å²) in [6.45, 7) is 14.1. The van der Waals surface area contributed by atoms with Crippen LogP contribution in [0.25, 0.3) is 0 Å². The first-order chi connectivity index (χ1) is 11.4. The van der Waals surface area contributed by atoms with Crippen LogP contribution in [0.1, 0.15) is 33.6 Å². The molecule has 0 spiro atoms. The van der Waals surface area contributed by atoms with Crippen LogP contribution in [0.2, 0.25) is 0 Å². The van der Waals surface area contributed by atoms with Gasteiger partial charge in [0.2, 0.25) is 0 Å². The van der Waals surface area contributed by atoms with Crippen LogP contribution >= 0.6 is 24.0 Å². The van der Waals surface area contributed by atoms with E-state index in [4.69, 9.17) is 4.74 Å². The zero-order chi connectivity index (χ0) is 17.6. The highest BCUT2D eigenvalue weighted by Crippen LogP contribution is 2.23. The minimum atomic E-state index is -0.0491. The molecule has 2 fully saturated rings. The molecule has 0 saturated carbocycles. The van der Waals surface area contributed by atoms with Gasteiger partial charge >= 0.3 is 0 Å². The molecule has 25 heavy (non-hydrogen) atoms. The first kappa shape index (κ1) is 22.9. The second-order valence-electron chi connectivity index (χ2n) is 7.86. The van der Waals surface area contributed by atoms with Crippen LogP contribution in [0, 0.1) is 5.92 Å². The van der Waals surface area contributed by atoms with Gasteiger partial charge in [-0.1, -0.05) is 13.8 Å². The maximum absolute atomic E-state index is 5.85. The van der Waals surface area contributed by atoms with Crippen LogP contribution in [0.3, 0.4) is 0 Å². The Morgan fingerprint density at radius 2 is 1.88 bits per heavy atom. The highest BCUT2D eigenvalue weighted by molar-refractivity contribution is 14.0. The Bertz CT molecular complexity index is 404. The average Bonchev–Trinajstić information content (AvgIpc) is 2.99. The van der Waals surface area contributed by atoms with Gasteiger partial charge in [0.15, 0.2) is 5.96 Å². The van der Waals surface area contributed by atoms with E-state index in [1.54, 1.807) is 0 Å². The van der Waals surface area contributed by atoms with Crippen LogP contribution in [0.5, 0.6) is 0 Å². The average molecular weight is 467 g/mol. The fourth-order valence-electron chi connectivity index (χ4n) is 3.61. The molecular formula is C18H38IN5O. The fourth-order valence-corrected chi connectivity index (χ4v) is 3.61. The van der Waals surface area contributed by atoms with E-state index in [-0.39, 0.29) is 29.6 Å². The summed E-state index contributed by atoms with van der Waals surface area (Å²) in [4.78, 5) is 9.40. The zero-order valence-electron chi connectivity index (χ0n) is 16.7. The fraction of sp³-hybridized carbons (Fsp3) is 0.944. The highest BCUT2D eigenvalue weighted by Gasteiger charge is 2.30. The Morgan fingerprint density at radius 1 is 1.20 bits per heavy atom. The summed E-state index contributed by atoms with van der Waals surface area (Å²) in [5, 5.41) is 6.97. The number of aliphatic imine (C=N–C) groups is 1. The Kier molecular flexibility index (Phi) is 9.98. The lowest BCUT2D eigenvalue weighted by Crippen LogP contribution is -2.55. The van der Waals surface area contributed by atoms with Gasteiger partial charge in [-0.05, 0) is 32.7 Å². The van der Waals surface area contributed by atoms with Gasteiger partial charge < -0.3 is 20.3 Å². The lowest BCUT2D eigenvalue weighted by molar-refractivity contribution is 0.0242. The van der Waals surface area contributed by atoms with E-state index in [0.717, 1.165) is 64.7 Å². The molecule has 2 unspecified atom stereocenters. The molecule has 148 valence electrons. The second kappa shape index (κ2) is 10.9. The number of likely N-dealkylation sites (N-methyl/N-ethyl adjacent to an activating group) is 1. The Labute approximate surface area is 171 Å². The van der Waals surface area contributed by atoms with Gasteiger partial charge in [-0.25, -0.2) is 0 Å². The minimum absolute atomic E-state index is 0. The lowest BCUT2D eigenvalue weighted by atomic mass is 10.0. The van der Waals surface area contributed by atoms with Gasteiger partial charge in [-0.15, -0.1) is 24.0 Å². The molecule has 2 heterocycles. The van der Waals surface area contributed by atoms with Gasteiger partial charge in [-0.2, -0.15) is 0 Å². The van der Waals surface area contributed by atoms with E-state index in [9.17, 15) is 0 Å². The van der Waals surface area contributed by atoms with Gasteiger partial charge in [0.05, 0.1) is 5.60 Å². The van der Waals surface area contributed by atoms with E-state index in [0.29, 0.717) is 12.0 Å². The summed E-state index contributed by atoms with van der Waals surface area (Å²) >= 11 is 0. The number of hydrogen-bond acceptors (Lipinski definition) is 4. The Morgan fingerprint density at radius 3 is 2.40 bits per heavy atom. The van der Waals surface area contributed by atoms with Gasteiger partial charge in [0.1, 0.15) is 0 Å². The molecule has 6 nitrogen and oxygen atoms in total. The summed E-state index contributed by atoms with van der Waals surface area (Å²) in [6, 6.07) is 0.538. The third kappa shape index (κ3) is 7.19. The third-order valence-corrected chi connectivity index (χ3v) is 5.41. The molecule has 0 aromatic carbocycles. The summed E-state index contributed by atoms with van der Waals surface area (Å²) < 4.78 is 5.85. The summed E-state index contributed by atoms with van der Waals surface area (Å²) in [5.41, 5.74) is -0.0491. The van der Waals surface area contributed by atoms with Crippen molar-refractivity contribution in [2.75, 3.05) is 60.0 Å². The first-order valence-corrected chi connectivity index (χ1v) is 9.44. The molecule has 0 amide bonds. The predicted octanol–water partition coefficient (Wildman–Crippen LogP) is 1.61. The maximum Gasteiger partial charge on any atom is 0.191 e. The summed E-state index contributed by atoms with van der Waals surface area (Å²) in [7, 11) is 4.05. The van der Waals surface area contributed by atoms with Crippen LogP contribution in [0.15, 0.2) is 4.99 Å². The molecule has 7 heteroatoms. The second-order valence-corrected chi connectivity index (χ2v) is 7.86. The molecule has 2 saturated heterocycles. The standard InChI is InChI=1S/C18H37N5O.HI/c1-15(2)16(23-10-8-22(5)9-11-23)13-20-17(19-4)21-14-18(3)7-6-12-24-18;/h15-16H,6-14H2,1-5H3,(H2,19,20,21);1H. The van der Waals surface area contributed by atoms with Crippen molar-refractivity contribution < 1.29 is 4.74 Å². The van der Waals surface area contributed by atoms with E-state index in [1.807, 2.05) is 7.05 Å². The normalized spacial score (nSPS) is 27.2. The van der Waals surface area contributed by atoms with Crippen LogP contribution in [0.4, 0.5) is 0 Å². The first-order valence-electron chi connectivity index (χ1n) is 9.44. The van der Waals surface area contributed by atoms with Crippen molar-refractivity contribution >= 4 is 29.9 Å². The van der Waals surface area contributed by atoms with E-state index >= 15 is 0 Å². The molecule has 0 aliphatic carbocycles. The predicted molar refractivity (Wildman–Crippen MR) is 116 cm³/mol. The van der Waals surface area contributed by atoms with Gasteiger partial charge in [-0.3, -0.25) is 9.89 Å². The van der Waals surface area contributed by atoms with Crippen LogP contribution < -0.4 is 10.6 Å². The molecule has 0 radical (unpaired) electrons. The summed E-state index contributed by atoms with van der Waals surface area (Å²) in [6.07, 6.45) is 2.27. The van der Waals surface area contributed by atoms with Crippen molar-refractivity contribution in [1.29, 1.82) is 0 Å². The molecule has 2 aliphatic heterocycles. The number of nitrogens with zero attached hydrogens (tertiary/aromatic N) is 3. The SMILES string of the molecule is CN=C(NCC(C(C)C)N1CCN(C)CC1)NCC1(C)CCCO1.I. The molecule has 2 rings (SSSR count). The van der Waals surface area contributed by atoms with Crippen LogP contribution in [-0.4, -0.2) is 87.4 Å². The van der Waals surface area contributed by atoms with Crippen molar-refractivity contribution in [2.24, 2.45) is 10.9 Å². The minimum Gasteiger partial charge on any atom is -0.373 e. The van der Waals surface area contributed by atoms with Gasteiger partial charge in [0, 0.05) is 59.0 Å². The van der Waals surface area contributed by atoms with E-state index < -0.39 is 0 Å². The monoisotopic (exact) mass is 467 g/mol. The third-order valence-electron chi connectivity index (χ3n) is 5.41. The maximum atomic E-state index is 5.85. The molecule has 2 N–H and O–H groups in total. The van der Waals surface area contributed by atoms with Crippen molar-refractivity contribution in [3.63, 3.8) is 0 Å². The number of halogens is 1. The largest absolute Gasteiger partial charge is 0.373 e. The summed E-state index contributed by atoms with van der Waals surface area (Å²) in [5.74, 6) is 1.50. The number of ether oxygens (including phenoxy) is 1. The number of guanidine groups is 1. The molecule has 0 bridgehead atoms. The number of hydrogen-bond donors (Lipinski definition) is 2. The molecular weight excluding hydrogens is 429 g/mol. The van der Waals surface area contributed by atoms with Crippen molar-refractivity contribution in [2.45, 2.75) is 45.3 Å². The molecule has 2 atom stereocenters. The van der Waals surface area contributed by atoms with Crippen LogP contribution in [-0.2, 0) is 4.74 Å². The highest BCUT2D eigenvalue weighted by atomic mass is 127. The quantitative estimate of drug-likeness (QED) is 0.353. The smallest absolute Gasteiger partial charge is 0.191 e. The van der Waals surface area contributed by atoms with Gasteiger partial charge in [0.25, 0.3) is 0 Å². The number of rotatable bonds is 6. The topological polar surface area (TPSA) is 52.1 Å². The lowest BCUT2D eigenvalue weighted by Gasteiger charge is -2.40. The molecule has 0 aromatic rings. The van der Waals surface area contributed by atoms with Crippen molar-refractivity contribution in [3.8, 4) is 0 Å². The van der Waals surface area contributed by atoms with Crippen molar-refractivity contribution in [1.82, 2.24) is 20.4 Å². The number of piperazine rings is 1. The Hall–Kier alpha value is -0.120. The Balaban J connectivity index is 0.00000312. The van der Waals surface area contributed by atoms with E-state index in [2.05, 4.69) is 53.2 Å². The van der Waals surface area contributed by atoms with E-state index in [1.165, 1.54) is 0 Å².